The first-order valence-corrected chi connectivity index (χ1v) is 13.1. The number of aryl methyl sites for hydroxylation is 1. The third-order valence-corrected chi connectivity index (χ3v) is 9.05. The molecule has 1 fully saturated rings. The Kier molecular flexibility index (Phi) is 7.27. The van der Waals surface area contributed by atoms with Gasteiger partial charge in [0.15, 0.2) is 17.2 Å². The summed E-state index contributed by atoms with van der Waals surface area (Å²) in [6, 6.07) is 2.44. The number of carbonyl (C=O) groups is 3. The number of ketones is 2. The molecule has 6 N–H and O–H groups in total. The van der Waals surface area contributed by atoms with E-state index in [4.69, 9.17) is 5.73 Å². The SMILES string of the molecule is CCC(CC)CCc1ccc(O)c2c1C[C@H]1C[C@H]3C(N(C)C)C(O)C(C(N)=O)C(=O)[C@@]3(O)C(O)=C1C2=O. The van der Waals surface area contributed by atoms with E-state index in [0.29, 0.717) is 12.3 Å². The lowest BCUT2D eigenvalue weighted by Crippen LogP contribution is -2.71. The maximum atomic E-state index is 13.8. The topological polar surface area (TPSA) is 161 Å². The van der Waals surface area contributed by atoms with Gasteiger partial charge in [-0.25, -0.2) is 0 Å². The number of phenolic OH excluding ortho intramolecular Hbond substituents is 1. The van der Waals surface area contributed by atoms with E-state index in [1.807, 2.05) is 6.07 Å². The molecule has 9 nitrogen and oxygen atoms in total. The van der Waals surface area contributed by atoms with Crippen LogP contribution in [0.3, 0.4) is 0 Å². The summed E-state index contributed by atoms with van der Waals surface area (Å²) >= 11 is 0. The molecule has 3 aliphatic rings. The van der Waals surface area contributed by atoms with E-state index in [1.165, 1.54) is 6.07 Å². The van der Waals surface area contributed by atoms with Crippen molar-refractivity contribution in [1.29, 1.82) is 0 Å². The molecular formula is C28H38N2O7. The average molecular weight is 515 g/mol. The number of fused-ring (bicyclic) bond motifs is 3. The first-order valence-electron chi connectivity index (χ1n) is 13.1. The summed E-state index contributed by atoms with van der Waals surface area (Å²) in [5.74, 6) is -6.59. The van der Waals surface area contributed by atoms with Crippen molar-refractivity contribution in [2.45, 2.75) is 70.1 Å². The number of aromatic hydroxyl groups is 1. The number of rotatable bonds is 7. The van der Waals surface area contributed by atoms with E-state index in [1.54, 1.807) is 19.0 Å². The first kappa shape index (κ1) is 27.3. The summed E-state index contributed by atoms with van der Waals surface area (Å²) in [4.78, 5) is 40.9. The van der Waals surface area contributed by atoms with Gasteiger partial charge in [-0.05, 0) is 68.8 Å². The Morgan fingerprint density at radius 3 is 2.41 bits per heavy atom. The first-order chi connectivity index (χ1) is 17.4. The molecule has 37 heavy (non-hydrogen) atoms. The maximum Gasteiger partial charge on any atom is 0.230 e. The number of allylic oxidation sites excluding steroid dienone is 1. The van der Waals surface area contributed by atoms with Crippen molar-refractivity contribution in [1.82, 2.24) is 4.90 Å². The van der Waals surface area contributed by atoms with E-state index < -0.39 is 58.7 Å². The minimum absolute atomic E-state index is 0.0841. The number of amides is 1. The predicted molar refractivity (Wildman–Crippen MR) is 136 cm³/mol. The molecule has 1 aromatic rings. The van der Waals surface area contributed by atoms with Gasteiger partial charge < -0.3 is 31.1 Å². The molecule has 4 rings (SSSR count). The van der Waals surface area contributed by atoms with Gasteiger partial charge in [-0.15, -0.1) is 0 Å². The largest absolute Gasteiger partial charge is 0.508 e. The van der Waals surface area contributed by atoms with Gasteiger partial charge in [-0.3, -0.25) is 14.4 Å². The Balaban J connectivity index is 1.84. The van der Waals surface area contributed by atoms with Crippen LogP contribution in [0.5, 0.6) is 5.75 Å². The van der Waals surface area contributed by atoms with Gasteiger partial charge in [-0.1, -0.05) is 32.8 Å². The Hall–Kier alpha value is -2.75. The molecule has 1 aromatic carbocycles. The number of phenols is 1. The zero-order chi connectivity index (χ0) is 27.4. The predicted octanol–water partition coefficient (Wildman–Crippen LogP) is 1.65. The molecule has 0 aliphatic heterocycles. The fourth-order valence-corrected chi connectivity index (χ4v) is 6.96. The molecule has 0 aromatic heterocycles. The lowest BCUT2D eigenvalue weighted by molar-refractivity contribution is -0.178. The lowest BCUT2D eigenvalue weighted by Gasteiger charge is -2.53. The van der Waals surface area contributed by atoms with Crippen molar-refractivity contribution in [3.8, 4) is 5.75 Å². The molecular weight excluding hydrogens is 476 g/mol. The second kappa shape index (κ2) is 9.85. The van der Waals surface area contributed by atoms with E-state index in [2.05, 4.69) is 13.8 Å². The van der Waals surface area contributed by atoms with Crippen LogP contribution < -0.4 is 5.73 Å². The molecule has 1 amide bonds. The second-order valence-electron chi connectivity index (χ2n) is 11.1. The number of hydrogen-bond donors (Lipinski definition) is 5. The normalized spacial score (nSPS) is 31.4. The zero-order valence-electron chi connectivity index (χ0n) is 21.9. The van der Waals surface area contributed by atoms with E-state index in [0.717, 1.165) is 36.8 Å². The number of nitrogens with zero attached hydrogens (tertiary/aromatic N) is 1. The molecule has 0 heterocycles. The minimum Gasteiger partial charge on any atom is -0.508 e. The molecule has 1 saturated carbocycles. The quantitative estimate of drug-likeness (QED) is 0.343. The zero-order valence-corrected chi connectivity index (χ0v) is 21.9. The number of Topliss-reactive ketones (excluding diaryl/α,β-unsaturated/α-hetero) is 2. The highest BCUT2D eigenvalue weighted by atomic mass is 16.3. The monoisotopic (exact) mass is 514 g/mol. The highest BCUT2D eigenvalue weighted by Gasteiger charge is 2.66. The summed E-state index contributed by atoms with van der Waals surface area (Å²) < 4.78 is 0. The summed E-state index contributed by atoms with van der Waals surface area (Å²) in [7, 11) is 3.29. The van der Waals surface area contributed by atoms with E-state index in [-0.39, 0.29) is 23.3 Å². The summed E-state index contributed by atoms with van der Waals surface area (Å²) in [6.45, 7) is 4.30. The van der Waals surface area contributed by atoms with Crippen molar-refractivity contribution in [3.05, 3.63) is 40.2 Å². The molecule has 6 atom stereocenters. The van der Waals surface area contributed by atoms with Gasteiger partial charge in [0.25, 0.3) is 0 Å². The van der Waals surface area contributed by atoms with Gasteiger partial charge in [0, 0.05) is 17.5 Å². The Morgan fingerprint density at radius 2 is 1.84 bits per heavy atom. The van der Waals surface area contributed by atoms with E-state index in [9.17, 15) is 34.8 Å². The standard InChI is InChI=1S/C28H38N2O7/c1-5-13(6-2)7-8-14-9-10-18(31)20-16(14)11-15-12-17-22(30(3)4)24(33)21(27(29)36)26(35)28(17,37)25(34)19(15)23(20)32/h9-10,13,15,17,21-22,24,31,33-34,37H,5-8,11-12H2,1-4H3,(H2,29,36)/t15-,17-,21?,22?,24?,28-/m0/s1. The maximum absolute atomic E-state index is 13.8. The van der Waals surface area contributed by atoms with Crippen LogP contribution in [-0.2, 0) is 22.4 Å². The van der Waals surface area contributed by atoms with Crippen molar-refractivity contribution >= 4 is 17.5 Å². The number of aliphatic hydroxyl groups excluding tert-OH is 2. The van der Waals surface area contributed by atoms with Gasteiger partial charge in [0.05, 0.1) is 11.7 Å². The van der Waals surface area contributed by atoms with Gasteiger partial charge in [-0.2, -0.15) is 0 Å². The molecule has 202 valence electrons. The van der Waals surface area contributed by atoms with Crippen LogP contribution in [-0.4, -0.2) is 74.6 Å². The minimum atomic E-state index is -2.56. The summed E-state index contributed by atoms with van der Waals surface area (Å²) in [5.41, 5.74) is 4.51. The molecule has 0 spiro atoms. The number of nitrogens with two attached hydrogens (primary N) is 1. The summed E-state index contributed by atoms with van der Waals surface area (Å²) in [5, 5.41) is 44.7. The third-order valence-electron chi connectivity index (χ3n) is 9.05. The average Bonchev–Trinajstić information content (AvgIpc) is 2.82. The van der Waals surface area contributed by atoms with Crippen molar-refractivity contribution in [3.63, 3.8) is 0 Å². The number of primary amides is 1. The van der Waals surface area contributed by atoms with Crippen LogP contribution in [0, 0.1) is 23.7 Å². The Morgan fingerprint density at radius 1 is 1.19 bits per heavy atom. The van der Waals surface area contributed by atoms with Gasteiger partial charge in [0.1, 0.15) is 17.4 Å². The number of carbonyl (C=O) groups excluding carboxylic acids is 3. The number of likely N-dealkylation sites (N-methyl/N-ethyl adjacent to an activating group) is 1. The molecule has 0 saturated heterocycles. The Bertz CT molecular complexity index is 1160. The second-order valence-corrected chi connectivity index (χ2v) is 11.1. The Labute approximate surface area is 217 Å². The van der Waals surface area contributed by atoms with Crippen LogP contribution in [0.1, 0.15) is 61.0 Å². The van der Waals surface area contributed by atoms with Crippen molar-refractivity contribution < 1.29 is 34.8 Å². The van der Waals surface area contributed by atoms with Gasteiger partial charge >= 0.3 is 0 Å². The molecule has 3 aliphatic carbocycles. The van der Waals surface area contributed by atoms with E-state index >= 15 is 0 Å². The fourth-order valence-electron chi connectivity index (χ4n) is 6.96. The van der Waals surface area contributed by atoms with Crippen LogP contribution in [0.2, 0.25) is 0 Å². The number of benzene rings is 1. The number of hydrogen-bond acceptors (Lipinski definition) is 8. The summed E-state index contributed by atoms with van der Waals surface area (Å²) in [6.07, 6.45) is 2.76. The fraction of sp³-hybridized carbons (Fsp3) is 0.607. The van der Waals surface area contributed by atoms with Crippen LogP contribution in [0.25, 0.3) is 0 Å². The highest BCUT2D eigenvalue weighted by Crippen LogP contribution is 2.52. The third kappa shape index (κ3) is 4.08. The van der Waals surface area contributed by atoms with Crippen LogP contribution >= 0.6 is 0 Å². The molecule has 9 heteroatoms. The molecule has 0 bridgehead atoms. The van der Waals surface area contributed by atoms with Crippen LogP contribution in [0.4, 0.5) is 0 Å². The van der Waals surface area contributed by atoms with Crippen molar-refractivity contribution in [2.24, 2.45) is 29.4 Å². The lowest BCUT2D eigenvalue weighted by atomic mass is 9.56. The van der Waals surface area contributed by atoms with Crippen molar-refractivity contribution in [2.75, 3.05) is 14.1 Å². The van der Waals surface area contributed by atoms with Crippen LogP contribution in [0.15, 0.2) is 23.5 Å². The molecule has 0 radical (unpaired) electrons. The number of aliphatic hydroxyl groups is 3. The van der Waals surface area contributed by atoms with Gasteiger partial charge in [0.2, 0.25) is 5.91 Å². The highest BCUT2D eigenvalue weighted by molar-refractivity contribution is 6.15. The smallest absolute Gasteiger partial charge is 0.230 e. The molecule has 3 unspecified atom stereocenters.